The highest BCUT2D eigenvalue weighted by Crippen LogP contribution is 2.34. The Balaban J connectivity index is 2.28. The highest BCUT2D eigenvalue weighted by atomic mass is 19.4. The number of alkyl halides is 3. The molecule has 0 saturated carbocycles. The first-order valence-corrected chi connectivity index (χ1v) is 17.1. The van der Waals surface area contributed by atoms with Crippen LogP contribution in [0.15, 0.2) is 38.5 Å². The fourth-order valence-corrected chi connectivity index (χ4v) is 5.02. The maximum absolute atomic E-state index is 13.5. The van der Waals surface area contributed by atoms with Crippen molar-refractivity contribution in [2.24, 2.45) is 22.4 Å². The molecule has 11 N–H and O–H groups in total. The summed E-state index contributed by atoms with van der Waals surface area (Å²) in [6.45, 7) is 8.62. The first-order valence-electron chi connectivity index (χ1n) is 17.1. The molecule has 5 amide bonds. The predicted molar refractivity (Wildman–Crippen MR) is 193 cm³/mol. The lowest BCUT2D eigenvalue weighted by Gasteiger charge is -2.27. The number of aliphatic hydroxyl groups excluding tert-OH is 2. The van der Waals surface area contributed by atoms with Crippen molar-refractivity contribution in [3.63, 3.8) is 0 Å². The van der Waals surface area contributed by atoms with Crippen molar-refractivity contribution in [3.8, 4) is 0 Å². The summed E-state index contributed by atoms with van der Waals surface area (Å²) in [6.07, 6.45) is -7.28. The van der Waals surface area contributed by atoms with E-state index in [4.69, 9.17) is 20.6 Å². The van der Waals surface area contributed by atoms with Gasteiger partial charge in [0.15, 0.2) is 5.96 Å². The predicted octanol–water partition coefficient (Wildman–Crippen LogP) is 0.571. The largest absolute Gasteiger partial charge is 0.444 e. The van der Waals surface area contributed by atoms with Gasteiger partial charge in [-0.25, -0.2) is 9.59 Å². The second kappa shape index (κ2) is 19.8. The van der Waals surface area contributed by atoms with Crippen molar-refractivity contribution in [3.05, 3.63) is 40.2 Å². The third kappa shape index (κ3) is 15.1. The van der Waals surface area contributed by atoms with Crippen molar-refractivity contribution < 1.29 is 56.5 Å². The number of guanidine groups is 1. The van der Waals surface area contributed by atoms with Crippen molar-refractivity contribution >= 4 is 52.3 Å². The highest BCUT2D eigenvalue weighted by molar-refractivity contribution is 6.00. The van der Waals surface area contributed by atoms with Crippen LogP contribution < -0.4 is 43.7 Å². The molecule has 5 unspecified atom stereocenters. The average Bonchev–Trinajstić information content (AvgIpc) is 3.04. The molecule has 1 aromatic heterocycles. The van der Waals surface area contributed by atoms with E-state index < -0.39 is 101 Å². The van der Waals surface area contributed by atoms with Gasteiger partial charge >= 0.3 is 17.9 Å². The number of ether oxygens (including phenoxy) is 1. The molecule has 1 aromatic carbocycles. The number of nitrogens with two attached hydrogens (primary N) is 2. The van der Waals surface area contributed by atoms with Crippen LogP contribution in [0.3, 0.4) is 0 Å². The number of hydrogen-bond acceptors (Lipinski definition) is 11. The number of carbonyl (C=O) groups excluding carboxylic acids is 5. The van der Waals surface area contributed by atoms with Crippen molar-refractivity contribution in [2.75, 3.05) is 18.5 Å². The molecule has 0 aliphatic carbocycles. The second-order valence-corrected chi connectivity index (χ2v) is 14.0. The van der Waals surface area contributed by atoms with Gasteiger partial charge in [-0.1, -0.05) is 13.8 Å². The number of anilines is 1. The number of aliphatic hydroxyl groups is 2. The maximum Gasteiger partial charge on any atom is 0.417 e. The van der Waals surface area contributed by atoms with E-state index in [1.54, 1.807) is 34.6 Å². The third-order valence-corrected chi connectivity index (χ3v) is 7.49. The van der Waals surface area contributed by atoms with Crippen LogP contribution in [0.4, 0.5) is 23.7 Å². The van der Waals surface area contributed by atoms with Gasteiger partial charge < -0.3 is 57.4 Å². The van der Waals surface area contributed by atoms with Crippen LogP contribution in [-0.4, -0.2) is 94.9 Å². The summed E-state index contributed by atoms with van der Waals surface area (Å²) >= 11 is 0. The summed E-state index contributed by atoms with van der Waals surface area (Å²) in [5.74, 6) is -4.31. The second-order valence-electron chi connectivity index (χ2n) is 14.0. The number of carbonyl (C=O) groups is 5. The van der Waals surface area contributed by atoms with Crippen molar-refractivity contribution in [2.45, 2.75) is 103 Å². The number of aliphatic imine (C=N–C) groups is 1. The van der Waals surface area contributed by atoms with Gasteiger partial charge in [-0.2, -0.15) is 13.2 Å². The minimum absolute atomic E-state index is 0.0123. The van der Waals surface area contributed by atoms with Gasteiger partial charge in [0.2, 0.25) is 23.6 Å². The minimum atomic E-state index is -4.88. The molecule has 0 fully saturated rings. The van der Waals surface area contributed by atoms with E-state index >= 15 is 0 Å². The standard InChI is InChI=1S/C34H49F3N8O10/c1-16(2)12-22(44-32(53)55-33(4,5)6)28(50)43-23(15-46)29(51)45-26(17(3)47)30(52)42-21(8-7-11-40-31(38)39)27(49)41-18-9-10-19-20(34(35,36)37)14-25(48)54-24(19)13-18/h9-10,13-14,16-17,21-23,26,46-47H,7-8,11-12,15H2,1-6H3,(H,41,49)(H,42,52)(H,43,50)(H,44,53)(H,45,51)(H4,38,39,40). The summed E-state index contributed by atoms with van der Waals surface area (Å²) in [5, 5.41) is 31.8. The first-order chi connectivity index (χ1) is 25.4. The number of rotatable bonds is 17. The van der Waals surface area contributed by atoms with Crippen LogP contribution in [0, 0.1) is 5.92 Å². The fourth-order valence-electron chi connectivity index (χ4n) is 5.02. The van der Waals surface area contributed by atoms with E-state index in [2.05, 4.69) is 31.6 Å². The molecule has 0 spiro atoms. The number of hydrogen-bond donors (Lipinski definition) is 9. The Kier molecular flexibility index (Phi) is 16.4. The van der Waals surface area contributed by atoms with E-state index in [1.807, 2.05) is 0 Å². The summed E-state index contributed by atoms with van der Waals surface area (Å²) in [7, 11) is 0. The lowest BCUT2D eigenvalue weighted by Crippen LogP contribution is -2.61. The third-order valence-electron chi connectivity index (χ3n) is 7.49. The Hall–Kier alpha value is -5.44. The Labute approximate surface area is 314 Å². The number of nitrogens with one attached hydrogen (secondary N) is 5. The number of benzene rings is 1. The Morgan fingerprint density at radius 1 is 0.891 bits per heavy atom. The molecule has 18 nitrogen and oxygen atoms in total. The Morgan fingerprint density at radius 2 is 1.51 bits per heavy atom. The quantitative estimate of drug-likeness (QED) is 0.0461. The van der Waals surface area contributed by atoms with Gasteiger partial charge in [0.05, 0.1) is 18.3 Å². The van der Waals surface area contributed by atoms with Crippen LogP contribution in [0.5, 0.6) is 0 Å². The van der Waals surface area contributed by atoms with E-state index in [-0.39, 0.29) is 43.4 Å². The maximum atomic E-state index is 13.5. The van der Waals surface area contributed by atoms with Gasteiger partial charge in [-0.05, 0) is 65.0 Å². The smallest absolute Gasteiger partial charge is 0.417 e. The lowest BCUT2D eigenvalue weighted by atomic mass is 10.0. The summed E-state index contributed by atoms with van der Waals surface area (Å²) in [4.78, 5) is 81.3. The van der Waals surface area contributed by atoms with Gasteiger partial charge in [0, 0.05) is 29.8 Å². The number of fused-ring (bicyclic) bond motifs is 1. The molecule has 0 radical (unpaired) electrons. The first kappa shape index (κ1) is 45.7. The molecule has 0 bridgehead atoms. The number of halogens is 3. The molecule has 55 heavy (non-hydrogen) atoms. The van der Waals surface area contributed by atoms with Gasteiger partial charge in [0.25, 0.3) is 0 Å². The molecule has 0 aliphatic rings. The summed E-state index contributed by atoms with van der Waals surface area (Å²) in [6, 6.07) is -2.65. The molecule has 21 heteroatoms. The molecule has 2 rings (SSSR count). The van der Waals surface area contributed by atoms with Crippen LogP contribution >= 0.6 is 0 Å². The van der Waals surface area contributed by atoms with Crippen molar-refractivity contribution in [1.82, 2.24) is 21.3 Å². The molecule has 2 aromatic rings. The number of alkyl carbamates (subject to hydrolysis) is 1. The Morgan fingerprint density at radius 3 is 2.05 bits per heavy atom. The van der Waals surface area contributed by atoms with Crippen LogP contribution in [0.25, 0.3) is 11.0 Å². The van der Waals surface area contributed by atoms with E-state index in [0.717, 1.165) is 25.1 Å². The highest BCUT2D eigenvalue weighted by Gasteiger charge is 2.35. The molecule has 306 valence electrons. The number of nitrogens with zero attached hydrogens (tertiary/aromatic N) is 1. The average molecular weight is 787 g/mol. The zero-order valence-electron chi connectivity index (χ0n) is 31.2. The normalized spacial score (nSPS) is 14.5. The SMILES string of the molecule is CC(C)CC(NC(=O)OC(C)(C)C)C(=O)NC(CO)C(=O)NC(C(=O)NC(CCCN=C(N)N)C(=O)Nc1ccc2c(C(F)(F)F)cc(=O)oc2c1)C(C)O. The number of amides is 5. The Bertz CT molecular complexity index is 1770. The molecule has 5 atom stereocenters. The topological polar surface area (TPSA) is 290 Å². The summed E-state index contributed by atoms with van der Waals surface area (Å²) < 4.78 is 50.6. The minimum Gasteiger partial charge on any atom is -0.444 e. The van der Waals surface area contributed by atoms with Gasteiger partial charge in [0.1, 0.15) is 35.4 Å². The fraction of sp³-hybridized carbons (Fsp3) is 0.559. The van der Waals surface area contributed by atoms with Gasteiger partial charge in [-0.3, -0.25) is 24.2 Å². The van der Waals surface area contributed by atoms with E-state index in [0.29, 0.717) is 6.07 Å². The zero-order chi connectivity index (χ0) is 41.8. The molecular weight excluding hydrogens is 737 g/mol. The molecule has 0 saturated heterocycles. The summed E-state index contributed by atoms with van der Waals surface area (Å²) in [5.41, 5.74) is 6.71. The van der Waals surface area contributed by atoms with Gasteiger partial charge in [-0.15, -0.1) is 0 Å². The zero-order valence-corrected chi connectivity index (χ0v) is 31.2. The van der Waals surface area contributed by atoms with E-state index in [1.165, 1.54) is 0 Å². The van der Waals surface area contributed by atoms with Crippen molar-refractivity contribution in [1.29, 1.82) is 0 Å². The monoisotopic (exact) mass is 786 g/mol. The van der Waals surface area contributed by atoms with E-state index in [9.17, 15) is 52.2 Å². The molecular formula is C34H49F3N8O10. The molecule has 1 heterocycles. The lowest BCUT2D eigenvalue weighted by molar-refractivity contribution is -0.136. The van der Waals surface area contributed by atoms with Crippen LogP contribution in [-0.2, 0) is 30.1 Å². The molecule has 0 aliphatic heterocycles. The van der Waals surface area contributed by atoms with Crippen LogP contribution in [0.1, 0.15) is 66.4 Å². The van der Waals surface area contributed by atoms with Crippen LogP contribution in [0.2, 0.25) is 0 Å².